The first kappa shape index (κ1) is 15.9. The van der Waals surface area contributed by atoms with Gasteiger partial charge in [0.25, 0.3) is 0 Å². The average molecular weight is 340 g/mol. The van der Waals surface area contributed by atoms with Crippen LogP contribution in [0.25, 0.3) is 10.9 Å². The van der Waals surface area contributed by atoms with Crippen molar-refractivity contribution in [1.29, 1.82) is 0 Å². The predicted molar refractivity (Wildman–Crippen MR) is 100 cm³/mol. The van der Waals surface area contributed by atoms with Gasteiger partial charge in [0.05, 0.1) is 6.10 Å². The van der Waals surface area contributed by atoms with Crippen molar-refractivity contribution in [3.05, 3.63) is 58.4 Å². The number of hydrogen-bond acceptors (Lipinski definition) is 3. The lowest BCUT2D eigenvalue weighted by Gasteiger charge is -2.34. The highest BCUT2D eigenvalue weighted by Gasteiger charge is 2.26. The summed E-state index contributed by atoms with van der Waals surface area (Å²) in [5, 5.41) is 13.9. The molecule has 126 valence electrons. The lowest BCUT2D eigenvalue weighted by molar-refractivity contribution is 0.0591. The molecule has 0 aliphatic carbocycles. The van der Waals surface area contributed by atoms with Gasteiger partial charge in [0.2, 0.25) is 0 Å². The molecule has 0 unspecified atom stereocenters. The zero-order valence-electron chi connectivity index (χ0n) is 14.1. The zero-order valence-corrected chi connectivity index (χ0v) is 14.9. The van der Waals surface area contributed by atoms with Gasteiger partial charge >= 0.3 is 0 Å². The molecule has 3 heterocycles. The zero-order chi connectivity index (χ0) is 16.5. The molecular weight excluding hydrogens is 316 g/mol. The summed E-state index contributed by atoms with van der Waals surface area (Å²) < 4.78 is 2.16. The van der Waals surface area contributed by atoms with Crippen LogP contribution in [-0.2, 0) is 13.6 Å². The molecule has 4 rings (SSSR count). The van der Waals surface area contributed by atoms with Crippen LogP contribution in [0.1, 0.15) is 29.4 Å². The van der Waals surface area contributed by atoms with Crippen molar-refractivity contribution in [3.8, 4) is 0 Å². The van der Waals surface area contributed by atoms with Crippen LogP contribution in [0.15, 0.2) is 48.0 Å². The minimum Gasteiger partial charge on any atom is -0.387 e. The second-order valence-corrected chi connectivity index (χ2v) is 7.87. The van der Waals surface area contributed by atoms with Crippen LogP contribution in [-0.4, -0.2) is 27.7 Å². The quantitative estimate of drug-likeness (QED) is 0.771. The fourth-order valence-electron chi connectivity index (χ4n) is 3.81. The third kappa shape index (κ3) is 3.14. The van der Waals surface area contributed by atoms with Crippen molar-refractivity contribution in [2.45, 2.75) is 25.5 Å². The molecular formula is C20H24N2OS. The van der Waals surface area contributed by atoms with E-state index in [0.29, 0.717) is 5.92 Å². The van der Waals surface area contributed by atoms with Crippen LogP contribution in [0.5, 0.6) is 0 Å². The number of fused-ring (bicyclic) bond motifs is 1. The van der Waals surface area contributed by atoms with Gasteiger partial charge in [-0.1, -0.05) is 12.1 Å². The number of likely N-dealkylation sites (tertiary alicyclic amines) is 1. The molecule has 0 bridgehead atoms. The molecule has 0 amide bonds. The number of aliphatic hydroxyl groups is 1. The van der Waals surface area contributed by atoms with Gasteiger partial charge < -0.3 is 9.67 Å². The summed E-state index contributed by atoms with van der Waals surface area (Å²) in [4.78, 5) is 3.63. The Hall–Kier alpha value is -1.62. The number of benzene rings is 1. The van der Waals surface area contributed by atoms with Crippen LogP contribution < -0.4 is 0 Å². The Morgan fingerprint density at radius 1 is 1.21 bits per heavy atom. The summed E-state index contributed by atoms with van der Waals surface area (Å²) in [7, 11) is 2.09. The Morgan fingerprint density at radius 3 is 2.79 bits per heavy atom. The van der Waals surface area contributed by atoms with Gasteiger partial charge in [-0.2, -0.15) is 0 Å². The third-order valence-corrected chi connectivity index (χ3v) is 6.21. The molecule has 1 fully saturated rings. The normalized spacial score (nSPS) is 18.2. The van der Waals surface area contributed by atoms with Crippen LogP contribution >= 0.6 is 11.3 Å². The number of rotatable bonds is 4. The van der Waals surface area contributed by atoms with Gasteiger partial charge in [0.1, 0.15) is 0 Å². The molecule has 0 spiro atoms. The minimum atomic E-state index is -0.284. The van der Waals surface area contributed by atoms with Crippen molar-refractivity contribution in [2.24, 2.45) is 13.0 Å². The lowest BCUT2D eigenvalue weighted by Crippen LogP contribution is -2.35. The molecule has 0 radical (unpaired) electrons. The molecule has 3 nitrogen and oxygen atoms in total. The fraction of sp³-hybridized carbons (Fsp3) is 0.400. The van der Waals surface area contributed by atoms with Crippen LogP contribution in [0, 0.1) is 5.92 Å². The summed E-state index contributed by atoms with van der Waals surface area (Å²) in [5.41, 5.74) is 2.67. The fourth-order valence-corrected chi connectivity index (χ4v) is 4.61. The van der Waals surface area contributed by atoms with Gasteiger partial charge in [-0.25, -0.2) is 0 Å². The SMILES string of the molecule is Cn1ccc2cc(CN3CCC([C@H](O)c4cccs4)CC3)ccc21. The molecule has 1 aromatic carbocycles. The number of piperidine rings is 1. The number of aromatic nitrogens is 1. The summed E-state index contributed by atoms with van der Waals surface area (Å²) in [5.74, 6) is 0.400. The Kier molecular flexibility index (Phi) is 4.44. The van der Waals surface area contributed by atoms with Crippen molar-refractivity contribution in [2.75, 3.05) is 13.1 Å². The van der Waals surface area contributed by atoms with Crippen LogP contribution in [0.2, 0.25) is 0 Å². The lowest BCUT2D eigenvalue weighted by atomic mass is 9.90. The van der Waals surface area contributed by atoms with E-state index in [-0.39, 0.29) is 6.10 Å². The Balaban J connectivity index is 1.37. The maximum absolute atomic E-state index is 10.5. The maximum Gasteiger partial charge on any atom is 0.0910 e. The standard InChI is InChI=1S/C20H24N2OS/c1-21-9-6-17-13-15(4-5-18(17)21)14-22-10-7-16(8-11-22)20(23)19-3-2-12-24-19/h2-6,9,12-13,16,20,23H,7-8,10-11,14H2,1H3/t20-/m0/s1. The Bertz CT molecular complexity index is 800. The molecule has 2 aromatic heterocycles. The minimum absolute atomic E-state index is 0.284. The third-order valence-electron chi connectivity index (χ3n) is 5.27. The molecule has 1 saturated heterocycles. The van der Waals surface area contributed by atoms with E-state index in [1.807, 2.05) is 11.4 Å². The monoisotopic (exact) mass is 340 g/mol. The van der Waals surface area contributed by atoms with Gasteiger partial charge in [0, 0.05) is 30.2 Å². The molecule has 4 heteroatoms. The molecule has 1 aliphatic heterocycles. The first-order valence-electron chi connectivity index (χ1n) is 8.68. The van der Waals surface area contributed by atoms with E-state index in [0.717, 1.165) is 37.4 Å². The number of aliphatic hydroxyl groups excluding tert-OH is 1. The highest BCUT2D eigenvalue weighted by molar-refractivity contribution is 7.10. The topological polar surface area (TPSA) is 28.4 Å². The molecule has 1 N–H and O–H groups in total. The second kappa shape index (κ2) is 6.71. The van der Waals surface area contributed by atoms with E-state index in [1.54, 1.807) is 11.3 Å². The molecule has 1 atom stereocenters. The molecule has 1 aliphatic rings. The number of nitrogens with zero attached hydrogens (tertiary/aromatic N) is 2. The molecule has 0 saturated carbocycles. The Morgan fingerprint density at radius 2 is 2.04 bits per heavy atom. The first-order valence-corrected chi connectivity index (χ1v) is 9.56. The highest BCUT2D eigenvalue weighted by atomic mass is 32.1. The van der Waals surface area contributed by atoms with Gasteiger partial charge in [-0.3, -0.25) is 4.90 Å². The molecule has 3 aromatic rings. The summed E-state index contributed by atoms with van der Waals surface area (Å²) in [6, 6.07) is 13.0. The molecule has 24 heavy (non-hydrogen) atoms. The summed E-state index contributed by atoms with van der Waals surface area (Å²) in [6.45, 7) is 3.15. The van der Waals surface area contributed by atoms with Gasteiger partial charge in [-0.05, 0) is 72.4 Å². The maximum atomic E-state index is 10.5. The van der Waals surface area contributed by atoms with E-state index in [9.17, 15) is 5.11 Å². The van der Waals surface area contributed by atoms with E-state index < -0.39 is 0 Å². The van der Waals surface area contributed by atoms with Crippen molar-refractivity contribution >= 4 is 22.2 Å². The number of thiophene rings is 1. The van der Waals surface area contributed by atoms with E-state index in [1.165, 1.54) is 16.5 Å². The van der Waals surface area contributed by atoms with Crippen LogP contribution in [0.3, 0.4) is 0 Å². The smallest absolute Gasteiger partial charge is 0.0910 e. The highest BCUT2D eigenvalue weighted by Crippen LogP contribution is 2.33. The van der Waals surface area contributed by atoms with Crippen molar-refractivity contribution < 1.29 is 5.11 Å². The van der Waals surface area contributed by atoms with Crippen molar-refractivity contribution in [1.82, 2.24) is 9.47 Å². The second-order valence-electron chi connectivity index (χ2n) is 6.89. The average Bonchev–Trinajstić information content (AvgIpc) is 3.25. The number of aryl methyl sites for hydroxylation is 1. The summed E-state index contributed by atoms with van der Waals surface area (Å²) >= 11 is 1.67. The first-order chi connectivity index (χ1) is 11.7. The van der Waals surface area contributed by atoms with Crippen molar-refractivity contribution in [3.63, 3.8) is 0 Å². The van der Waals surface area contributed by atoms with E-state index in [4.69, 9.17) is 0 Å². The van der Waals surface area contributed by atoms with E-state index >= 15 is 0 Å². The predicted octanol–water partition coefficient (Wildman–Crippen LogP) is 4.19. The number of hydrogen-bond donors (Lipinski definition) is 1. The van der Waals surface area contributed by atoms with Gasteiger partial charge in [0.15, 0.2) is 0 Å². The summed E-state index contributed by atoms with van der Waals surface area (Å²) in [6.07, 6.45) is 3.98. The van der Waals surface area contributed by atoms with Crippen LogP contribution in [0.4, 0.5) is 0 Å². The Labute approximate surface area is 147 Å². The van der Waals surface area contributed by atoms with E-state index in [2.05, 4.69) is 53.0 Å². The van der Waals surface area contributed by atoms with Gasteiger partial charge in [-0.15, -0.1) is 11.3 Å². The largest absolute Gasteiger partial charge is 0.387 e.